The summed E-state index contributed by atoms with van der Waals surface area (Å²) in [7, 11) is 2.92. The van der Waals surface area contributed by atoms with Gasteiger partial charge in [-0.2, -0.15) is 0 Å². The standard InChI is InChI=1S/C21H26O7/c1-26-19-11-14(6-8-17(19)23)10-16(22)4-3-5-21(25)28-13-15-7-9-18(24)20(12-15)27-2/h6-9,11-12,16,22-24H,3-5,10,13H2,1-2H3. The van der Waals surface area contributed by atoms with Crippen LogP contribution in [0.5, 0.6) is 23.0 Å². The van der Waals surface area contributed by atoms with E-state index in [1.807, 2.05) is 0 Å². The highest BCUT2D eigenvalue weighted by Crippen LogP contribution is 2.27. The lowest BCUT2D eigenvalue weighted by atomic mass is 10.0. The second kappa shape index (κ2) is 10.4. The topological polar surface area (TPSA) is 105 Å². The zero-order valence-corrected chi connectivity index (χ0v) is 16.1. The minimum absolute atomic E-state index is 0.0258. The van der Waals surface area contributed by atoms with Crippen LogP contribution in [0.3, 0.4) is 0 Å². The molecule has 0 aliphatic heterocycles. The Morgan fingerprint density at radius 1 is 0.964 bits per heavy atom. The van der Waals surface area contributed by atoms with E-state index < -0.39 is 6.10 Å². The number of benzene rings is 2. The molecule has 2 rings (SSSR count). The fraction of sp³-hybridized carbons (Fsp3) is 0.381. The Morgan fingerprint density at radius 3 is 2.14 bits per heavy atom. The fourth-order valence-corrected chi connectivity index (χ4v) is 2.75. The van der Waals surface area contributed by atoms with Crippen LogP contribution in [0, 0.1) is 0 Å². The van der Waals surface area contributed by atoms with Crippen molar-refractivity contribution in [2.75, 3.05) is 14.2 Å². The lowest BCUT2D eigenvalue weighted by molar-refractivity contribution is -0.145. The van der Waals surface area contributed by atoms with E-state index in [-0.39, 0.29) is 30.5 Å². The van der Waals surface area contributed by atoms with Gasteiger partial charge in [0.25, 0.3) is 0 Å². The van der Waals surface area contributed by atoms with E-state index in [9.17, 15) is 20.1 Å². The number of esters is 1. The Hall–Kier alpha value is -2.93. The summed E-state index contributed by atoms with van der Waals surface area (Å²) in [4.78, 5) is 11.9. The molecule has 0 saturated heterocycles. The molecule has 2 aromatic carbocycles. The van der Waals surface area contributed by atoms with Crippen LogP contribution in [-0.2, 0) is 22.6 Å². The van der Waals surface area contributed by atoms with Crippen molar-refractivity contribution in [3.8, 4) is 23.0 Å². The van der Waals surface area contributed by atoms with E-state index in [1.165, 1.54) is 26.4 Å². The third kappa shape index (κ3) is 6.35. The number of aliphatic hydroxyl groups is 1. The van der Waals surface area contributed by atoms with Gasteiger partial charge in [0.15, 0.2) is 23.0 Å². The number of rotatable bonds is 10. The molecular formula is C21H26O7. The Bertz CT molecular complexity index is 788. The molecule has 1 unspecified atom stereocenters. The minimum Gasteiger partial charge on any atom is -0.504 e. The number of aromatic hydroxyl groups is 2. The summed E-state index contributed by atoms with van der Waals surface area (Å²) in [5.74, 6) is 0.403. The first kappa shape index (κ1) is 21.4. The quantitative estimate of drug-likeness (QED) is 0.536. The highest BCUT2D eigenvalue weighted by molar-refractivity contribution is 5.69. The van der Waals surface area contributed by atoms with Crippen molar-refractivity contribution in [3.05, 3.63) is 47.5 Å². The fourth-order valence-electron chi connectivity index (χ4n) is 2.75. The van der Waals surface area contributed by atoms with Crippen LogP contribution in [0.2, 0.25) is 0 Å². The van der Waals surface area contributed by atoms with Gasteiger partial charge in [-0.25, -0.2) is 0 Å². The van der Waals surface area contributed by atoms with Gasteiger partial charge < -0.3 is 29.5 Å². The van der Waals surface area contributed by atoms with Crippen LogP contribution < -0.4 is 9.47 Å². The van der Waals surface area contributed by atoms with Gasteiger partial charge in [0, 0.05) is 6.42 Å². The summed E-state index contributed by atoms with van der Waals surface area (Å²) in [6, 6.07) is 9.67. The van der Waals surface area contributed by atoms with E-state index in [0.717, 1.165) is 5.56 Å². The molecule has 0 radical (unpaired) electrons. The van der Waals surface area contributed by atoms with Crippen molar-refractivity contribution < 1.29 is 34.3 Å². The summed E-state index contributed by atoms with van der Waals surface area (Å²) in [5.41, 5.74) is 1.55. The maximum absolute atomic E-state index is 11.9. The van der Waals surface area contributed by atoms with Gasteiger partial charge in [0.1, 0.15) is 6.61 Å². The normalized spacial score (nSPS) is 11.7. The summed E-state index contributed by atoms with van der Waals surface area (Å²) in [6.07, 6.45) is 0.937. The van der Waals surface area contributed by atoms with Gasteiger partial charge in [0.05, 0.1) is 20.3 Å². The first-order valence-corrected chi connectivity index (χ1v) is 8.98. The number of carbonyl (C=O) groups is 1. The van der Waals surface area contributed by atoms with Crippen LogP contribution >= 0.6 is 0 Å². The van der Waals surface area contributed by atoms with Gasteiger partial charge in [-0.05, 0) is 54.7 Å². The summed E-state index contributed by atoms with van der Waals surface area (Å²) < 4.78 is 15.3. The zero-order valence-electron chi connectivity index (χ0n) is 16.1. The molecule has 152 valence electrons. The number of methoxy groups -OCH3 is 2. The van der Waals surface area contributed by atoms with Gasteiger partial charge in [0.2, 0.25) is 0 Å². The Kier molecular flexibility index (Phi) is 7.95. The molecule has 2 aromatic rings. The predicted molar refractivity (Wildman–Crippen MR) is 103 cm³/mol. The molecule has 0 aliphatic rings. The first-order chi connectivity index (χ1) is 13.4. The molecule has 0 saturated carbocycles. The smallest absolute Gasteiger partial charge is 0.306 e. The van der Waals surface area contributed by atoms with E-state index in [4.69, 9.17) is 14.2 Å². The summed E-state index contributed by atoms with van der Waals surface area (Å²) >= 11 is 0. The molecule has 0 aliphatic carbocycles. The number of hydrogen-bond acceptors (Lipinski definition) is 7. The molecule has 0 bridgehead atoms. The summed E-state index contributed by atoms with van der Waals surface area (Å²) in [6.45, 7) is 0.0886. The third-order valence-electron chi connectivity index (χ3n) is 4.28. The molecule has 0 amide bonds. The zero-order chi connectivity index (χ0) is 20.5. The monoisotopic (exact) mass is 390 g/mol. The minimum atomic E-state index is -0.608. The molecule has 0 fully saturated rings. The van der Waals surface area contributed by atoms with Gasteiger partial charge in [-0.1, -0.05) is 12.1 Å². The van der Waals surface area contributed by atoms with Crippen molar-refractivity contribution >= 4 is 5.97 Å². The summed E-state index contributed by atoms with van der Waals surface area (Å²) in [5, 5.41) is 29.3. The van der Waals surface area contributed by atoms with E-state index in [2.05, 4.69) is 0 Å². The molecule has 0 aromatic heterocycles. The number of phenolic OH excluding ortho intramolecular Hbond substituents is 2. The lowest BCUT2D eigenvalue weighted by Crippen LogP contribution is -2.12. The van der Waals surface area contributed by atoms with Gasteiger partial charge in [-0.3, -0.25) is 4.79 Å². The average molecular weight is 390 g/mol. The van der Waals surface area contributed by atoms with Crippen LogP contribution in [0.15, 0.2) is 36.4 Å². The highest BCUT2D eigenvalue weighted by Gasteiger charge is 2.11. The molecule has 7 nitrogen and oxygen atoms in total. The van der Waals surface area contributed by atoms with Crippen molar-refractivity contribution in [1.82, 2.24) is 0 Å². The third-order valence-corrected chi connectivity index (χ3v) is 4.28. The molecular weight excluding hydrogens is 364 g/mol. The maximum Gasteiger partial charge on any atom is 0.306 e. The number of ether oxygens (including phenoxy) is 3. The van der Waals surface area contributed by atoms with Crippen LogP contribution in [0.1, 0.15) is 30.4 Å². The van der Waals surface area contributed by atoms with E-state index in [0.29, 0.717) is 36.3 Å². The van der Waals surface area contributed by atoms with Gasteiger partial charge in [-0.15, -0.1) is 0 Å². The van der Waals surface area contributed by atoms with E-state index in [1.54, 1.807) is 24.3 Å². The van der Waals surface area contributed by atoms with Crippen molar-refractivity contribution in [2.24, 2.45) is 0 Å². The number of aliphatic hydroxyl groups excluding tert-OH is 1. The van der Waals surface area contributed by atoms with Crippen molar-refractivity contribution in [2.45, 2.75) is 38.4 Å². The van der Waals surface area contributed by atoms with E-state index >= 15 is 0 Å². The molecule has 0 heterocycles. The molecule has 1 atom stereocenters. The average Bonchev–Trinajstić information content (AvgIpc) is 2.68. The SMILES string of the molecule is COc1cc(COC(=O)CCCC(O)Cc2ccc(O)c(OC)c2)ccc1O. The maximum atomic E-state index is 11.9. The van der Waals surface area contributed by atoms with Crippen molar-refractivity contribution in [1.29, 1.82) is 0 Å². The molecule has 0 spiro atoms. The second-order valence-corrected chi connectivity index (χ2v) is 6.42. The van der Waals surface area contributed by atoms with Crippen LogP contribution in [0.4, 0.5) is 0 Å². The highest BCUT2D eigenvalue weighted by atomic mass is 16.5. The number of hydrogen-bond donors (Lipinski definition) is 3. The lowest BCUT2D eigenvalue weighted by Gasteiger charge is -2.12. The molecule has 7 heteroatoms. The predicted octanol–water partition coefficient (Wildman–Crippen LogP) is 2.93. The Balaban J connectivity index is 1.71. The van der Waals surface area contributed by atoms with Crippen molar-refractivity contribution in [3.63, 3.8) is 0 Å². The first-order valence-electron chi connectivity index (χ1n) is 8.98. The number of carbonyl (C=O) groups excluding carboxylic acids is 1. The number of phenols is 2. The Labute approximate surface area is 164 Å². The Morgan fingerprint density at radius 2 is 1.54 bits per heavy atom. The second-order valence-electron chi connectivity index (χ2n) is 6.42. The molecule has 3 N–H and O–H groups in total. The molecule has 28 heavy (non-hydrogen) atoms. The van der Waals surface area contributed by atoms with Gasteiger partial charge >= 0.3 is 5.97 Å². The largest absolute Gasteiger partial charge is 0.504 e. The van der Waals surface area contributed by atoms with Crippen LogP contribution in [0.25, 0.3) is 0 Å². The van der Waals surface area contributed by atoms with Crippen LogP contribution in [-0.4, -0.2) is 41.6 Å².